The van der Waals surface area contributed by atoms with Crippen LogP contribution < -0.4 is 15.1 Å². The number of urea groups is 1. The van der Waals surface area contributed by atoms with Crippen LogP contribution in [-0.2, 0) is 0 Å². The van der Waals surface area contributed by atoms with Gasteiger partial charge in [0, 0.05) is 15.8 Å². The second kappa shape index (κ2) is 5.35. The molecule has 0 unspecified atom stereocenters. The summed E-state index contributed by atoms with van der Waals surface area (Å²) in [4.78, 5) is 13.0. The maximum absolute atomic E-state index is 11.8. The number of carbonyl (C=O) groups excluding carboxylic acids is 1. The smallest absolute Gasteiger partial charge is 0.308 e. The lowest BCUT2D eigenvalue weighted by Gasteiger charge is -2.03. The molecule has 0 spiro atoms. The van der Waals surface area contributed by atoms with Crippen molar-refractivity contribution in [1.82, 2.24) is 5.10 Å². The Morgan fingerprint density at radius 3 is 2.70 bits per heavy atom. The summed E-state index contributed by atoms with van der Waals surface area (Å²) in [6, 6.07) is 6.58. The van der Waals surface area contributed by atoms with Gasteiger partial charge < -0.3 is 5.32 Å². The Morgan fingerprint density at radius 2 is 2.00 bits per heavy atom. The number of nitrogens with zero attached hydrogens (tertiary/aromatic N) is 2. The highest BCUT2D eigenvalue weighted by Crippen LogP contribution is 2.22. The molecule has 0 atom stereocenters. The molecule has 8 heteroatoms. The number of thiazole rings is 1. The number of rotatable bonds is 2. The molecule has 0 saturated heterocycles. The fraction of sp³-hybridized carbons (Fsp3) is 0.0833. The SMILES string of the molecule is Cc1c[n+]2nc(NC(=O)Nc3ccc(Cl)cc3)sc2s1. The third kappa shape index (κ3) is 2.90. The predicted molar refractivity (Wildman–Crippen MR) is 82.0 cm³/mol. The molecule has 0 fully saturated rings. The van der Waals surface area contributed by atoms with Crippen molar-refractivity contribution in [3.8, 4) is 0 Å². The molecule has 3 aromatic rings. The van der Waals surface area contributed by atoms with Gasteiger partial charge in [0.2, 0.25) is 6.20 Å². The topological polar surface area (TPSA) is 58.1 Å². The first-order valence-corrected chi connectivity index (χ1v) is 7.74. The van der Waals surface area contributed by atoms with Crippen LogP contribution in [0.3, 0.4) is 0 Å². The van der Waals surface area contributed by atoms with E-state index in [1.165, 1.54) is 16.2 Å². The highest BCUT2D eigenvalue weighted by atomic mass is 35.5. The van der Waals surface area contributed by atoms with Crippen molar-refractivity contribution in [1.29, 1.82) is 0 Å². The fourth-order valence-corrected chi connectivity index (χ4v) is 3.78. The molecule has 1 aromatic carbocycles. The summed E-state index contributed by atoms with van der Waals surface area (Å²) in [6.45, 7) is 2.02. The van der Waals surface area contributed by atoms with E-state index in [1.54, 1.807) is 40.1 Å². The Labute approximate surface area is 127 Å². The van der Waals surface area contributed by atoms with Crippen molar-refractivity contribution in [2.75, 3.05) is 10.6 Å². The van der Waals surface area contributed by atoms with Crippen molar-refractivity contribution in [3.63, 3.8) is 0 Å². The van der Waals surface area contributed by atoms with Gasteiger partial charge in [0.15, 0.2) is 0 Å². The van der Waals surface area contributed by atoms with Gasteiger partial charge in [-0.3, -0.25) is 5.32 Å². The number of amides is 2. The Bertz CT molecular complexity index is 734. The van der Waals surface area contributed by atoms with E-state index in [0.717, 1.165) is 4.14 Å². The zero-order valence-electron chi connectivity index (χ0n) is 10.4. The quantitative estimate of drug-likeness (QED) is 0.708. The second-order valence-corrected chi connectivity index (χ2v) is 6.95. The van der Waals surface area contributed by atoms with Gasteiger partial charge in [-0.1, -0.05) is 22.9 Å². The van der Waals surface area contributed by atoms with Crippen LogP contribution in [0.15, 0.2) is 30.5 Å². The van der Waals surface area contributed by atoms with Crippen LogP contribution in [0.25, 0.3) is 4.14 Å². The minimum Gasteiger partial charge on any atom is -0.308 e. The third-order valence-corrected chi connectivity index (χ3v) is 4.72. The lowest BCUT2D eigenvalue weighted by Crippen LogP contribution is -2.23. The van der Waals surface area contributed by atoms with Gasteiger partial charge in [-0.15, -0.1) is 0 Å². The number of aromatic nitrogens is 2. The molecule has 2 amide bonds. The van der Waals surface area contributed by atoms with Gasteiger partial charge in [-0.25, -0.2) is 4.79 Å². The number of fused-ring (bicyclic) bond motifs is 1. The number of carbonyl (C=O) groups is 1. The zero-order chi connectivity index (χ0) is 14.1. The number of nitrogens with one attached hydrogen (secondary N) is 2. The average Bonchev–Trinajstić information content (AvgIpc) is 2.88. The number of hydrogen-bond donors (Lipinski definition) is 2. The van der Waals surface area contributed by atoms with Gasteiger partial charge in [0.1, 0.15) is 0 Å². The molecule has 3 rings (SSSR count). The van der Waals surface area contributed by atoms with E-state index in [4.69, 9.17) is 11.6 Å². The summed E-state index contributed by atoms with van der Waals surface area (Å²) >= 11 is 8.86. The number of benzene rings is 1. The molecule has 2 N–H and O–H groups in total. The van der Waals surface area contributed by atoms with Crippen molar-refractivity contribution in [2.24, 2.45) is 0 Å². The molecule has 20 heavy (non-hydrogen) atoms. The van der Waals surface area contributed by atoms with Crippen LogP contribution >= 0.6 is 34.3 Å². The lowest BCUT2D eigenvalue weighted by atomic mass is 10.3. The molecule has 0 aliphatic rings. The minimum absolute atomic E-state index is 0.328. The van der Waals surface area contributed by atoms with E-state index in [0.29, 0.717) is 15.8 Å². The molecule has 2 aromatic heterocycles. The summed E-state index contributed by atoms with van der Waals surface area (Å²) in [6.07, 6.45) is 1.93. The van der Waals surface area contributed by atoms with Gasteiger partial charge in [0.05, 0.1) is 4.88 Å². The van der Waals surface area contributed by atoms with Gasteiger partial charge in [0.25, 0.3) is 5.13 Å². The zero-order valence-corrected chi connectivity index (χ0v) is 12.8. The van der Waals surface area contributed by atoms with E-state index in [1.807, 2.05) is 13.1 Å². The second-order valence-electron chi connectivity index (χ2n) is 4.05. The van der Waals surface area contributed by atoms with Gasteiger partial charge in [-0.05, 0) is 47.0 Å². The maximum Gasteiger partial charge on any atom is 0.354 e. The highest BCUT2D eigenvalue weighted by Gasteiger charge is 2.17. The monoisotopic (exact) mass is 325 g/mol. The van der Waals surface area contributed by atoms with Crippen LogP contribution in [-0.4, -0.2) is 11.1 Å². The average molecular weight is 326 g/mol. The first kappa shape index (κ1) is 13.3. The van der Waals surface area contributed by atoms with E-state index < -0.39 is 0 Å². The van der Waals surface area contributed by atoms with Crippen LogP contribution in [0.5, 0.6) is 0 Å². The third-order valence-electron chi connectivity index (χ3n) is 2.44. The summed E-state index contributed by atoms with van der Waals surface area (Å²) in [5.41, 5.74) is 0.675. The molecular weight excluding hydrogens is 316 g/mol. The molecular formula is C12H10ClN4OS2+. The molecule has 0 radical (unpaired) electrons. The van der Waals surface area contributed by atoms with E-state index in [2.05, 4.69) is 15.7 Å². The Morgan fingerprint density at radius 1 is 1.25 bits per heavy atom. The Balaban J connectivity index is 1.68. The number of hydrogen-bond acceptors (Lipinski definition) is 4. The Hall–Kier alpha value is -1.70. The minimum atomic E-state index is -0.328. The van der Waals surface area contributed by atoms with Crippen molar-refractivity contribution < 1.29 is 9.31 Å². The fourth-order valence-electron chi connectivity index (χ4n) is 1.62. The summed E-state index contributed by atoms with van der Waals surface area (Å²) in [7, 11) is 0. The highest BCUT2D eigenvalue weighted by molar-refractivity contribution is 7.37. The largest absolute Gasteiger partial charge is 0.354 e. The summed E-state index contributed by atoms with van der Waals surface area (Å²) in [5.74, 6) is 0. The molecule has 2 heterocycles. The number of halogens is 1. The standard InChI is InChI=1S/C12H9ClN4OS2/c1-7-6-17-12(19-7)20-11(16-17)15-10(18)14-9-4-2-8(13)3-5-9/h2-6H,1H3,(H-,14,15,16,18)/p+1. The molecule has 0 bridgehead atoms. The van der Waals surface area contributed by atoms with E-state index in [9.17, 15) is 4.79 Å². The van der Waals surface area contributed by atoms with Gasteiger partial charge in [-0.2, -0.15) is 0 Å². The van der Waals surface area contributed by atoms with E-state index >= 15 is 0 Å². The maximum atomic E-state index is 11.8. The lowest BCUT2D eigenvalue weighted by molar-refractivity contribution is -0.570. The molecule has 5 nitrogen and oxygen atoms in total. The number of anilines is 2. The predicted octanol–water partition coefficient (Wildman–Crippen LogP) is 3.55. The first-order valence-electron chi connectivity index (χ1n) is 5.73. The molecule has 102 valence electrons. The van der Waals surface area contributed by atoms with Crippen molar-refractivity contribution in [2.45, 2.75) is 6.92 Å². The van der Waals surface area contributed by atoms with Crippen LogP contribution in [0, 0.1) is 6.92 Å². The first-order chi connectivity index (χ1) is 9.60. The normalized spacial score (nSPS) is 10.7. The molecule has 0 aliphatic carbocycles. The molecule has 0 aliphatic heterocycles. The van der Waals surface area contributed by atoms with Crippen LogP contribution in [0.4, 0.5) is 15.6 Å². The van der Waals surface area contributed by atoms with Gasteiger partial charge >= 0.3 is 10.2 Å². The number of aryl methyl sites for hydroxylation is 1. The summed E-state index contributed by atoms with van der Waals surface area (Å²) < 4.78 is 2.80. The summed E-state index contributed by atoms with van der Waals surface area (Å²) in [5, 5.41) is 10.9. The molecule has 0 saturated carbocycles. The van der Waals surface area contributed by atoms with Crippen LogP contribution in [0.2, 0.25) is 5.02 Å². The Kier molecular flexibility index (Phi) is 3.56. The van der Waals surface area contributed by atoms with E-state index in [-0.39, 0.29) is 6.03 Å². The van der Waals surface area contributed by atoms with Crippen LogP contribution in [0.1, 0.15) is 4.88 Å². The van der Waals surface area contributed by atoms with Crippen molar-refractivity contribution >= 4 is 55.3 Å². The van der Waals surface area contributed by atoms with Crippen molar-refractivity contribution in [3.05, 3.63) is 40.4 Å².